The molecule has 0 saturated heterocycles. The average Bonchev–Trinajstić information content (AvgIpc) is 2.45. The molecule has 21 heavy (non-hydrogen) atoms. The second kappa shape index (κ2) is 5.92. The van der Waals surface area contributed by atoms with Gasteiger partial charge in [-0.05, 0) is 0 Å². The molecule has 2 nitrogen and oxygen atoms in total. The quantitative estimate of drug-likeness (QED) is 0.777. The van der Waals surface area contributed by atoms with Gasteiger partial charge in [-0.2, -0.15) is 0 Å². The van der Waals surface area contributed by atoms with Gasteiger partial charge in [-0.15, -0.1) is 0 Å². The van der Waals surface area contributed by atoms with Crippen LogP contribution in [0.25, 0.3) is 11.3 Å². The Hall–Kier alpha value is -1.16. The van der Waals surface area contributed by atoms with Crippen molar-refractivity contribution in [2.45, 2.75) is 44.4 Å². The molecule has 0 bridgehead atoms. The van der Waals surface area contributed by atoms with Gasteiger partial charge >= 0.3 is 134 Å². The van der Waals surface area contributed by atoms with Gasteiger partial charge in [-0.3, -0.25) is 0 Å². The molecule has 0 atom stereocenters. The van der Waals surface area contributed by atoms with Crippen LogP contribution in [0, 0.1) is 5.41 Å². The fourth-order valence-electron chi connectivity index (χ4n) is 2.23. The topological polar surface area (TPSA) is 25.8 Å². The zero-order valence-corrected chi connectivity index (χ0v) is 16.0. The molecule has 2 heterocycles. The third-order valence-corrected chi connectivity index (χ3v) is 7.41. The van der Waals surface area contributed by atoms with Crippen LogP contribution in [-0.2, 0) is 6.37 Å². The molecular weight excluding hydrogens is 317 g/mol. The minimum absolute atomic E-state index is 0.483. The molecule has 0 saturated carbocycles. The Morgan fingerprint density at radius 2 is 1.90 bits per heavy atom. The van der Waals surface area contributed by atoms with Crippen LogP contribution in [0.2, 0.25) is 17.3 Å². The van der Waals surface area contributed by atoms with Crippen molar-refractivity contribution in [2.75, 3.05) is 0 Å². The molecule has 0 amide bonds. The van der Waals surface area contributed by atoms with Crippen molar-refractivity contribution in [3.63, 3.8) is 0 Å². The maximum atomic E-state index is 8.75. The van der Waals surface area contributed by atoms with Crippen molar-refractivity contribution in [1.29, 1.82) is 0 Å². The van der Waals surface area contributed by atoms with E-state index in [9.17, 15) is 0 Å². The van der Waals surface area contributed by atoms with E-state index in [4.69, 9.17) is 2.74 Å². The van der Waals surface area contributed by atoms with Gasteiger partial charge in [0.2, 0.25) is 0 Å². The predicted molar refractivity (Wildman–Crippen MR) is 93.6 cm³/mol. The molecule has 0 fully saturated rings. The second-order valence-electron chi connectivity index (χ2n) is 7.48. The minimum atomic E-state index is -2.25. The summed E-state index contributed by atoms with van der Waals surface area (Å²) in [5, 5.41) is 0. The van der Waals surface area contributed by atoms with E-state index < -0.39 is 25.1 Å². The van der Waals surface area contributed by atoms with Gasteiger partial charge in [0.15, 0.2) is 0 Å². The maximum absolute atomic E-state index is 8.75. The molecule has 0 unspecified atom stereocenters. The van der Waals surface area contributed by atoms with E-state index >= 15 is 0 Å². The molecule has 2 rings (SSSR count). The van der Waals surface area contributed by atoms with E-state index in [0.717, 1.165) is 21.2 Å². The van der Waals surface area contributed by atoms with E-state index in [2.05, 4.69) is 27.2 Å². The number of hydrogen-bond donors (Lipinski definition) is 0. The summed E-state index contributed by atoms with van der Waals surface area (Å²) in [7, 11) is 0. The van der Waals surface area contributed by atoms with E-state index in [1.807, 2.05) is 45.2 Å². The molecule has 0 spiro atoms. The first-order valence-corrected chi connectivity index (χ1v) is 14.7. The zero-order chi connectivity index (χ0) is 17.5. The molecule has 2 aromatic heterocycles. The summed E-state index contributed by atoms with van der Waals surface area (Å²) < 4.78 is 18.6. The summed E-state index contributed by atoms with van der Waals surface area (Å²) in [4.78, 5) is 8.76. The van der Waals surface area contributed by atoms with Crippen LogP contribution in [0.15, 0.2) is 36.8 Å². The predicted octanol–water partition coefficient (Wildman–Crippen LogP) is 4.28. The zero-order valence-electron chi connectivity index (χ0n) is 15.9. The van der Waals surface area contributed by atoms with Crippen molar-refractivity contribution >= 4 is 17.7 Å². The summed E-state index contributed by atoms with van der Waals surface area (Å²) in [6.07, 6.45) is 4.00. The van der Waals surface area contributed by atoms with Crippen LogP contribution in [-0.4, -0.2) is 23.2 Å². The first-order chi connectivity index (χ1) is 10.4. The van der Waals surface area contributed by atoms with Gasteiger partial charge in [0.1, 0.15) is 0 Å². The second-order valence-corrected chi connectivity index (χ2v) is 18.1. The molecule has 112 valence electrons. The van der Waals surface area contributed by atoms with Crippen molar-refractivity contribution in [2.24, 2.45) is 5.41 Å². The fourth-order valence-corrected chi connectivity index (χ4v) is 5.16. The molecule has 2 aromatic rings. The van der Waals surface area contributed by atoms with Crippen LogP contribution in [0.4, 0.5) is 0 Å². The molecule has 0 radical (unpaired) electrons. The molecule has 0 N–H and O–H groups in total. The molecule has 0 aliphatic heterocycles. The molecule has 0 aliphatic rings. The molecule has 0 aliphatic carbocycles. The molecule has 0 aromatic carbocycles. The van der Waals surface area contributed by atoms with E-state index in [0.29, 0.717) is 0 Å². The number of hydrogen-bond acceptors (Lipinski definition) is 2. The van der Waals surface area contributed by atoms with Crippen LogP contribution in [0.3, 0.4) is 0 Å². The number of rotatable bonds is 3. The monoisotopic (exact) mass is 346 g/mol. The van der Waals surface area contributed by atoms with Gasteiger partial charge in [-0.25, -0.2) is 0 Å². The number of pyridine rings is 2. The van der Waals surface area contributed by atoms with E-state index in [1.54, 1.807) is 12.4 Å². The fraction of sp³-hybridized carbons (Fsp3) is 0.444. The Morgan fingerprint density at radius 1 is 1.19 bits per heavy atom. The van der Waals surface area contributed by atoms with E-state index in [1.165, 1.54) is 0 Å². The third kappa shape index (κ3) is 4.40. The summed E-state index contributed by atoms with van der Waals surface area (Å²) in [6.45, 7) is 5.86. The normalized spacial score (nSPS) is 14.6. The van der Waals surface area contributed by atoms with Gasteiger partial charge in [0.05, 0.1) is 0 Å². The Bertz CT molecular complexity index is 686. The molecular formula is C18H26GeN2. The standard InChI is InChI=1S/C18H26GeN2/c1-18(2,3)11-15-10-17(14-8-7-9-20-12-14)21-13-16(15)19(4,5)6/h7-10,12-13H,11H2,1-6H3/i11D2. The third-order valence-electron chi connectivity index (χ3n) is 3.18. The van der Waals surface area contributed by atoms with Gasteiger partial charge in [-0.1, -0.05) is 0 Å². The van der Waals surface area contributed by atoms with Crippen molar-refractivity contribution < 1.29 is 2.74 Å². The molecule has 3 heteroatoms. The van der Waals surface area contributed by atoms with Crippen molar-refractivity contribution in [1.82, 2.24) is 9.97 Å². The van der Waals surface area contributed by atoms with Gasteiger partial charge in [0.25, 0.3) is 0 Å². The van der Waals surface area contributed by atoms with Crippen LogP contribution < -0.4 is 4.40 Å². The van der Waals surface area contributed by atoms with Crippen molar-refractivity contribution in [3.8, 4) is 11.3 Å². The Labute approximate surface area is 134 Å². The number of nitrogens with zero attached hydrogens (tertiary/aromatic N) is 2. The Morgan fingerprint density at radius 3 is 2.43 bits per heavy atom. The van der Waals surface area contributed by atoms with Crippen LogP contribution >= 0.6 is 0 Å². The first kappa shape index (κ1) is 13.5. The van der Waals surface area contributed by atoms with Gasteiger partial charge in [0, 0.05) is 0 Å². The van der Waals surface area contributed by atoms with Crippen LogP contribution in [0.1, 0.15) is 29.1 Å². The van der Waals surface area contributed by atoms with E-state index in [-0.39, 0.29) is 0 Å². The number of aromatic nitrogens is 2. The summed E-state index contributed by atoms with van der Waals surface area (Å²) >= 11 is -2.25. The average molecular weight is 345 g/mol. The van der Waals surface area contributed by atoms with Gasteiger partial charge < -0.3 is 0 Å². The SMILES string of the molecule is [2H]C([2H])(c1cc(-c2cccnc2)nc[c]1[Ge]([CH3])([CH3])[CH3])C(C)(C)C. The first-order valence-electron chi connectivity index (χ1n) is 8.36. The Balaban J connectivity index is 2.70. The Kier molecular flexibility index (Phi) is 3.80. The summed E-state index contributed by atoms with van der Waals surface area (Å²) in [5.74, 6) is 6.84. The summed E-state index contributed by atoms with van der Waals surface area (Å²) in [6, 6.07) is 5.78. The van der Waals surface area contributed by atoms with Crippen LogP contribution in [0.5, 0.6) is 0 Å². The summed E-state index contributed by atoms with van der Waals surface area (Å²) in [5.41, 5.74) is 2.03. The van der Waals surface area contributed by atoms with Crippen molar-refractivity contribution in [3.05, 3.63) is 42.4 Å².